The van der Waals surface area contributed by atoms with Crippen LogP contribution in [0.4, 0.5) is 5.13 Å². The van der Waals surface area contributed by atoms with E-state index >= 15 is 0 Å². The molecule has 2 heterocycles. The molecular weight excluding hydrogens is 446 g/mol. The Labute approximate surface area is 183 Å². The van der Waals surface area contributed by atoms with Crippen LogP contribution in [0, 0.1) is 6.92 Å². The second-order valence-corrected chi connectivity index (χ2v) is 10.3. The number of rotatable bonds is 5. The van der Waals surface area contributed by atoms with Crippen molar-refractivity contribution in [1.29, 1.82) is 0 Å². The third-order valence-electron chi connectivity index (χ3n) is 5.04. The molecule has 1 aliphatic rings. The predicted molar refractivity (Wildman–Crippen MR) is 118 cm³/mol. The Morgan fingerprint density at radius 1 is 1.27 bits per heavy atom. The summed E-state index contributed by atoms with van der Waals surface area (Å²) in [5, 5.41) is 3.62. The van der Waals surface area contributed by atoms with Gasteiger partial charge in [-0.3, -0.25) is 4.79 Å². The fourth-order valence-corrected chi connectivity index (χ4v) is 6.31. The molecule has 1 aromatic heterocycles. The van der Waals surface area contributed by atoms with Gasteiger partial charge in [0, 0.05) is 6.54 Å². The molecule has 1 N–H and O–H groups in total. The lowest BCUT2D eigenvalue weighted by atomic mass is 10.2. The van der Waals surface area contributed by atoms with Gasteiger partial charge in [0.1, 0.15) is 17.3 Å². The average molecular weight is 466 g/mol. The Morgan fingerprint density at radius 2 is 2.00 bits per heavy atom. The predicted octanol–water partition coefficient (Wildman–Crippen LogP) is 4.06. The number of halogens is 1. The monoisotopic (exact) mass is 465 g/mol. The molecule has 1 unspecified atom stereocenters. The van der Waals surface area contributed by atoms with E-state index in [1.807, 2.05) is 6.92 Å². The summed E-state index contributed by atoms with van der Waals surface area (Å²) in [5.74, 6) is 0.146. The minimum absolute atomic E-state index is 0.185. The van der Waals surface area contributed by atoms with Crippen molar-refractivity contribution in [3.05, 3.63) is 47.0 Å². The third-order valence-corrected chi connectivity index (χ3v) is 8.40. The zero-order chi connectivity index (χ0) is 21.5. The summed E-state index contributed by atoms with van der Waals surface area (Å²) in [6, 6.07) is 9.26. The highest BCUT2D eigenvalue weighted by molar-refractivity contribution is 7.89. The zero-order valence-electron chi connectivity index (χ0n) is 16.4. The first-order valence-corrected chi connectivity index (χ1v) is 12.0. The van der Waals surface area contributed by atoms with Crippen molar-refractivity contribution in [2.75, 3.05) is 19.0 Å². The van der Waals surface area contributed by atoms with Crippen LogP contribution in [0.25, 0.3) is 10.2 Å². The highest BCUT2D eigenvalue weighted by Gasteiger charge is 2.39. The first-order valence-electron chi connectivity index (χ1n) is 9.33. The van der Waals surface area contributed by atoms with Crippen molar-refractivity contribution in [2.24, 2.45) is 0 Å². The lowest BCUT2D eigenvalue weighted by molar-refractivity contribution is -0.119. The minimum atomic E-state index is -3.77. The van der Waals surface area contributed by atoms with Crippen LogP contribution in [-0.2, 0) is 14.8 Å². The number of carbonyl (C=O) groups is 1. The zero-order valence-corrected chi connectivity index (χ0v) is 18.8. The number of sulfonamides is 1. The summed E-state index contributed by atoms with van der Waals surface area (Å²) in [7, 11) is -2.24. The van der Waals surface area contributed by atoms with Crippen molar-refractivity contribution < 1.29 is 17.9 Å². The van der Waals surface area contributed by atoms with Crippen LogP contribution in [0.3, 0.4) is 0 Å². The number of aryl methyl sites for hydroxylation is 1. The summed E-state index contributed by atoms with van der Waals surface area (Å²) in [6.07, 6.45) is 1.06. The topological polar surface area (TPSA) is 88.6 Å². The lowest BCUT2D eigenvalue weighted by Gasteiger charge is -2.23. The molecule has 1 aliphatic heterocycles. The van der Waals surface area contributed by atoms with E-state index in [4.69, 9.17) is 16.3 Å². The van der Waals surface area contributed by atoms with E-state index in [0.29, 0.717) is 45.5 Å². The number of ether oxygens (including phenoxy) is 1. The van der Waals surface area contributed by atoms with Crippen molar-refractivity contribution in [3.8, 4) is 5.75 Å². The van der Waals surface area contributed by atoms with Gasteiger partial charge < -0.3 is 10.1 Å². The maximum absolute atomic E-state index is 13.1. The Kier molecular flexibility index (Phi) is 5.71. The van der Waals surface area contributed by atoms with E-state index in [9.17, 15) is 13.2 Å². The van der Waals surface area contributed by atoms with Gasteiger partial charge in [-0.1, -0.05) is 40.6 Å². The number of fused-ring (bicyclic) bond motifs is 1. The van der Waals surface area contributed by atoms with Gasteiger partial charge in [0.25, 0.3) is 0 Å². The molecular formula is C20H20ClN3O4S2. The number of benzene rings is 2. The molecule has 3 aromatic rings. The van der Waals surface area contributed by atoms with Crippen LogP contribution in [0.2, 0.25) is 5.02 Å². The van der Waals surface area contributed by atoms with E-state index in [1.54, 1.807) is 36.4 Å². The summed E-state index contributed by atoms with van der Waals surface area (Å²) in [4.78, 5) is 17.6. The number of carbonyl (C=O) groups excluding carboxylic acids is 1. The summed E-state index contributed by atoms with van der Waals surface area (Å²) in [5.41, 5.74) is 1.52. The second kappa shape index (κ2) is 8.14. The van der Waals surface area contributed by atoms with Gasteiger partial charge >= 0.3 is 0 Å². The number of anilines is 1. The van der Waals surface area contributed by atoms with Crippen LogP contribution in [-0.4, -0.2) is 43.3 Å². The number of aromatic nitrogens is 1. The molecule has 1 amide bonds. The van der Waals surface area contributed by atoms with Crippen molar-refractivity contribution in [1.82, 2.24) is 9.29 Å². The highest BCUT2D eigenvalue weighted by Crippen LogP contribution is 2.37. The molecule has 0 aliphatic carbocycles. The van der Waals surface area contributed by atoms with Crippen LogP contribution in [0.5, 0.6) is 5.75 Å². The maximum Gasteiger partial charge on any atom is 0.244 e. The number of nitrogens with one attached hydrogen (secondary N) is 1. The Morgan fingerprint density at radius 3 is 2.70 bits per heavy atom. The van der Waals surface area contributed by atoms with E-state index < -0.39 is 22.0 Å². The first kappa shape index (κ1) is 21.0. The van der Waals surface area contributed by atoms with Gasteiger partial charge in [-0.05, 0) is 44.0 Å². The highest BCUT2D eigenvalue weighted by atomic mass is 35.5. The van der Waals surface area contributed by atoms with Crippen LogP contribution in [0.15, 0.2) is 41.3 Å². The number of hydrogen-bond donors (Lipinski definition) is 1. The number of nitrogens with zero attached hydrogens (tertiary/aromatic N) is 2. The molecule has 0 radical (unpaired) electrons. The fraction of sp³-hybridized carbons (Fsp3) is 0.300. The molecule has 158 valence electrons. The van der Waals surface area contributed by atoms with E-state index in [-0.39, 0.29) is 4.90 Å². The summed E-state index contributed by atoms with van der Waals surface area (Å²) < 4.78 is 33.4. The molecule has 4 rings (SSSR count). The molecule has 1 saturated heterocycles. The SMILES string of the molecule is COc1ccc(Cl)c2sc(NC(=O)C3CCCN3S(=O)(=O)c3ccc(C)cc3)nc12. The third kappa shape index (κ3) is 3.78. The maximum atomic E-state index is 13.1. The normalized spacial score (nSPS) is 17.4. The molecule has 0 saturated carbocycles. The Bertz CT molecular complexity index is 1210. The van der Waals surface area contributed by atoms with Gasteiger partial charge in [0.15, 0.2) is 5.13 Å². The largest absolute Gasteiger partial charge is 0.494 e. The van der Waals surface area contributed by atoms with Crippen molar-refractivity contribution >= 4 is 54.2 Å². The van der Waals surface area contributed by atoms with Gasteiger partial charge in [-0.25, -0.2) is 13.4 Å². The van der Waals surface area contributed by atoms with Crippen LogP contribution < -0.4 is 10.1 Å². The number of methoxy groups -OCH3 is 1. The first-order chi connectivity index (χ1) is 14.3. The second-order valence-electron chi connectivity index (χ2n) is 7.02. The summed E-state index contributed by atoms with van der Waals surface area (Å²) in [6.45, 7) is 2.19. The van der Waals surface area contributed by atoms with Crippen LogP contribution in [0.1, 0.15) is 18.4 Å². The molecule has 0 spiro atoms. The fourth-order valence-electron chi connectivity index (χ4n) is 3.49. The molecule has 7 nitrogen and oxygen atoms in total. The smallest absolute Gasteiger partial charge is 0.244 e. The number of amides is 1. The van der Waals surface area contributed by atoms with E-state index in [1.165, 1.54) is 22.8 Å². The van der Waals surface area contributed by atoms with Gasteiger partial charge in [-0.2, -0.15) is 4.31 Å². The van der Waals surface area contributed by atoms with Crippen molar-refractivity contribution in [2.45, 2.75) is 30.7 Å². The minimum Gasteiger partial charge on any atom is -0.494 e. The average Bonchev–Trinajstić information content (AvgIpc) is 3.37. The van der Waals surface area contributed by atoms with E-state index in [2.05, 4.69) is 10.3 Å². The molecule has 10 heteroatoms. The molecule has 0 bridgehead atoms. The van der Waals surface area contributed by atoms with Crippen molar-refractivity contribution in [3.63, 3.8) is 0 Å². The van der Waals surface area contributed by atoms with Crippen LogP contribution >= 0.6 is 22.9 Å². The molecule has 30 heavy (non-hydrogen) atoms. The molecule has 2 aromatic carbocycles. The van der Waals surface area contributed by atoms with Gasteiger partial charge in [0.05, 0.1) is 21.7 Å². The number of hydrogen-bond acceptors (Lipinski definition) is 6. The summed E-state index contributed by atoms with van der Waals surface area (Å²) >= 11 is 7.46. The number of thiazole rings is 1. The Balaban J connectivity index is 1.59. The standard InChI is InChI=1S/C20H20ClN3O4S2/c1-12-5-7-13(8-6-12)30(26,27)24-11-3-4-15(24)19(25)23-20-22-17-16(28-2)10-9-14(21)18(17)29-20/h5-10,15H,3-4,11H2,1-2H3,(H,22,23,25). The van der Waals surface area contributed by atoms with E-state index in [0.717, 1.165) is 5.56 Å². The molecule has 1 atom stereocenters. The molecule has 1 fully saturated rings. The van der Waals surface area contributed by atoms with Gasteiger partial charge in [0.2, 0.25) is 15.9 Å². The Hall–Kier alpha value is -2.20. The van der Waals surface area contributed by atoms with Gasteiger partial charge in [-0.15, -0.1) is 0 Å². The lowest BCUT2D eigenvalue weighted by Crippen LogP contribution is -2.43. The quantitative estimate of drug-likeness (QED) is 0.613.